The van der Waals surface area contributed by atoms with Gasteiger partial charge in [0.1, 0.15) is 5.82 Å². The highest BCUT2D eigenvalue weighted by Gasteiger charge is 2.04. The molecule has 0 fully saturated rings. The monoisotopic (exact) mass is 233 g/mol. The fourth-order valence-electron chi connectivity index (χ4n) is 1.64. The van der Waals surface area contributed by atoms with E-state index in [9.17, 15) is 0 Å². The Bertz CT molecular complexity index is 400. The van der Waals surface area contributed by atoms with Gasteiger partial charge in [-0.3, -0.25) is 4.99 Å². The van der Waals surface area contributed by atoms with Gasteiger partial charge in [0.05, 0.1) is 12.2 Å². The van der Waals surface area contributed by atoms with E-state index >= 15 is 0 Å². The zero-order valence-corrected chi connectivity index (χ0v) is 10.4. The summed E-state index contributed by atoms with van der Waals surface area (Å²) < 4.78 is 0. The minimum Gasteiger partial charge on any atom is -0.363 e. The van der Waals surface area contributed by atoms with Crippen LogP contribution < -0.4 is 15.5 Å². The first-order chi connectivity index (χ1) is 8.25. The molecule has 0 aliphatic carbocycles. The smallest absolute Gasteiger partial charge is 0.191 e. The lowest BCUT2D eigenvalue weighted by atomic mass is 10.3. The van der Waals surface area contributed by atoms with Crippen molar-refractivity contribution in [2.75, 3.05) is 32.1 Å². The molecule has 0 saturated heterocycles. The number of nitrogens with zero attached hydrogens (tertiary/aromatic N) is 3. The number of aliphatic imine (C=N–C) groups is 1. The topological polar surface area (TPSA) is 52.5 Å². The third kappa shape index (κ3) is 3.34. The highest BCUT2D eigenvalue weighted by molar-refractivity contribution is 5.80. The molecule has 92 valence electrons. The minimum absolute atomic E-state index is 0.702. The van der Waals surface area contributed by atoms with Crippen LogP contribution >= 0.6 is 0 Å². The lowest BCUT2D eigenvalue weighted by molar-refractivity contribution is 0.698. The van der Waals surface area contributed by atoms with E-state index in [-0.39, 0.29) is 0 Å². The maximum absolute atomic E-state index is 4.54. The second-order valence-corrected chi connectivity index (χ2v) is 4.25. The molecule has 1 aromatic rings. The van der Waals surface area contributed by atoms with Crippen molar-refractivity contribution in [1.82, 2.24) is 15.6 Å². The van der Waals surface area contributed by atoms with Crippen LogP contribution in [0.5, 0.6) is 0 Å². The molecule has 0 spiro atoms. The molecule has 0 saturated carbocycles. The van der Waals surface area contributed by atoms with Crippen LogP contribution in [0.25, 0.3) is 0 Å². The summed E-state index contributed by atoms with van der Waals surface area (Å²) in [6.07, 6.45) is 1.11. The predicted octanol–water partition coefficient (Wildman–Crippen LogP) is 0.586. The Morgan fingerprint density at radius 3 is 3.00 bits per heavy atom. The van der Waals surface area contributed by atoms with E-state index < -0.39 is 0 Å². The number of hydrogen-bond donors (Lipinski definition) is 2. The molecule has 2 N–H and O–H groups in total. The molecule has 0 radical (unpaired) electrons. The van der Waals surface area contributed by atoms with Crippen molar-refractivity contribution in [2.24, 2.45) is 4.99 Å². The molecule has 0 atom stereocenters. The Labute approximate surface area is 102 Å². The van der Waals surface area contributed by atoms with Crippen LogP contribution in [0, 0.1) is 0 Å². The molecule has 0 unspecified atom stereocenters. The first-order valence-electron chi connectivity index (χ1n) is 5.91. The van der Waals surface area contributed by atoms with Gasteiger partial charge in [-0.25, -0.2) is 4.98 Å². The maximum Gasteiger partial charge on any atom is 0.191 e. The lowest BCUT2D eigenvalue weighted by Gasteiger charge is -2.16. The summed E-state index contributed by atoms with van der Waals surface area (Å²) in [7, 11) is 3.98. The van der Waals surface area contributed by atoms with Crippen molar-refractivity contribution < 1.29 is 0 Å². The molecule has 0 aromatic carbocycles. The lowest BCUT2D eigenvalue weighted by Crippen LogP contribution is -2.40. The SMILES string of the molecule is CN(C)c1cccc(CNC2=NCCCN2)n1. The van der Waals surface area contributed by atoms with E-state index in [1.807, 2.05) is 37.2 Å². The van der Waals surface area contributed by atoms with E-state index in [0.29, 0.717) is 6.54 Å². The van der Waals surface area contributed by atoms with Crippen LogP contribution in [0.1, 0.15) is 12.1 Å². The van der Waals surface area contributed by atoms with Crippen LogP contribution in [0.15, 0.2) is 23.2 Å². The first kappa shape index (κ1) is 11.7. The van der Waals surface area contributed by atoms with E-state index in [0.717, 1.165) is 37.0 Å². The predicted molar refractivity (Wildman–Crippen MR) is 70.3 cm³/mol. The number of aromatic nitrogens is 1. The van der Waals surface area contributed by atoms with E-state index in [2.05, 4.69) is 20.6 Å². The fraction of sp³-hybridized carbons (Fsp3) is 0.500. The van der Waals surface area contributed by atoms with Crippen LogP contribution in [0.4, 0.5) is 5.82 Å². The maximum atomic E-state index is 4.54. The summed E-state index contributed by atoms with van der Waals surface area (Å²) >= 11 is 0. The Hall–Kier alpha value is -1.78. The number of pyridine rings is 1. The molecule has 1 aliphatic heterocycles. The molecular weight excluding hydrogens is 214 g/mol. The largest absolute Gasteiger partial charge is 0.363 e. The molecule has 17 heavy (non-hydrogen) atoms. The number of nitrogens with one attached hydrogen (secondary N) is 2. The molecule has 1 aliphatic rings. The summed E-state index contributed by atoms with van der Waals surface area (Å²) in [5.41, 5.74) is 1.02. The summed E-state index contributed by atoms with van der Waals surface area (Å²) in [6.45, 7) is 2.60. The number of hydrogen-bond acceptors (Lipinski definition) is 5. The van der Waals surface area contributed by atoms with Gasteiger partial charge in [-0.2, -0.15) is 0 Å². The highest BCUT2D eigenvalue weighted by Crippen LogP contribution is 2.07. The zero-order chi connectivity index (χ0) is 12.1. The average Bonchev–Trinajstić information content (AvgIpc) is 2.38. The molecule has 2 rings (SSSR count). The number of anilines is 1. The third-order valence-electron chi connectivity index (χ3n) is 2.58. The number of guanidine groups is 1. The van der Waals surface area contributed by atoms with E-state index in [1.54, 1.807) is 0 Å². The average molecular weight is 233 g/mol. The second-order valence-electron chi connectivity index (χ2n) is 4.25. The molecular formula is C12H19N5. The van der Waals surface area contributed by atoms with Gasteiger partial charge in [0.15, 0.2) is 5.96 Å². The van der Waals surface area contributed by atoms with Crippen molar-refractivity contribution in [2.45, 2.75) is 13.0 Å². The van der Waals surface area contributed by atoms with Crippen LogP contribution in [0.3, 0.4) is 0 Å². The van der Waals surface area contributed by atoms with Gasteiger partial charge in [-0.1, -0.05) is 6.07 Å². The van der Waals surface area contributed by atoms with Gasteiger partial charge in [0.2, 0.25) is 0 Å². The second kappa shape index (κ2) is 5.52. The quantitative estimate of drug-likeness (QED) is 0.802. The molecule has 0 bridgehead atoms. The molecule has 0 amide bonds. The minimum atomic E-state index is 0.702. The summed E-state index contributed by atoms with van der Waals surface area (Å²) in [6, 6.07) is 6.04. The zero-order valence-electron chi connectivity index (χ0n) is 10.4. The van der Waals surface area contributed by atoms with Gasteiger partial charge >= 0.3 is 0 Å². The van der Waals surface area contributed by atoms with Crippen molar-refractivity contribution in [1.29, 1.82) is 0 Å². The summed E-state index contributed by atoms with van der Waals surface area (Å²) in [5, 5.41) is 6.49. The van der Waals surface area contributed by atoms with Gasteiger partial charge in [0.25, 0.3) is 0 Å². The fourth-order valence-corrected chi connectivity index (χ4v) is 1.64. The van der Waals surface area contributed by atoms with Gasteiger partial charge in [0, 0.05) is 27.2 Å². The number of rotatable bonds is 3. The van der Waals surface area contributed by atoms with Gasteiger partial charge in [-0.15, -0.1) is 0 Å². The van der Waals surface area contributed by atoms with Crippen molar-refractivity contribution in [3.63, 3.8) is 0 Å². The van der Waals surface area contributed by atoms with Gasteiger partial charge in [-0.05, 0) is 18.6 Å². The molecule has 2 heterocycles. The molecule has 5 heteroatoms. The Morgan fingerprint density at radius 1 is 1.41 bits per heavy atom. The molecule has 1 aromatic heterocycles. The van der Waals surface area contributed by atoms with Crippen molar-refractivity contribution >= 4 is 11.8 Å². The molecule has 5 nitrogen and oxygen atoms in total. The first-order valence-corrected chi connectivity index (χ1v) is 5.91. The van der Waals surface area contributed by atoms with Crippen LogP contribution in [0.2, 0.25) is 0 Å². The van der Waals surface area contributed by atoms with Crippen molar-refractivity contribution in [3.05, 3.63) is 23.9 Å². The normalized spacial score (nSPS) is 14.8. The van der Waals surface area contributed by atoms with Crippen LogP contribution in [-0.4, -0.2) is 38.1 Å². The summed E-state index contributed by atoms with van der Waals surface area (Å²) in [5.74, 6) is 1.86. The Balaban J connectivity index is 1.94. The van der Waals surface area contributed by atoms with Gasteiger partial charge < -0.3 is 15.5 Å². The summed E-state index contributed by atoms with van der Waals surface area (Å²) in [4.78, 5) is 10.9. The van der Waals surface area contributed by atoms with Crippen LogP contribution in [-0.2, 0) is 6.54 Å². The Kier molecular flexibility index (Phi) is 3.80. The van der Waals surface area contributed by atoms with E-state index in [1.165, 1.54) is 0 Å². The third-order valence-corrected chi connectivity index (χ3v) is 2.58. The van der Waals surface area contributed by atoms with E-state index in [4.69, 9.17) is 0 Å². The Morgan fingerprint density at radius 2 is 2.29 bits per heavy atom. The standard InChI is InChI=1S/C12H19N5/c1-17(2)11-6-3-5-10(16-11)9-15-12-13-7-4-8-14-12/h3,5-6H,4,7-9H2,1-2H3,(H2,13,14,15). The van der Waals surface area contributed by atoms with Crippen molar-refractivity contribution in [3.8, 4) is 0 Å². The highest BCUT2D eigenvalue weighted by atomic mass is 15.2.